The number of ether oxygens (including phenoxy) is 1. The number of thiazole rings is 1. The van der Waals surface area contributed by atoms with Crippen molar-refractivity contribution in [1.82, 2.24) is 19.9 Å². The summed E-state index contributed by atoms with van der Waals surface area (Å²) in [5, 5.41) is 0.134. The molecule has 0 unspecified atom stereocenters. The van der Waals surface area contributed by atoms with E-state index in [9.17, 15) is 18.0 Å². The number of amides is 1. The van der Waals surface area contributed by atoms with E-state index < -0.39 is 23.6 Å². The molecule has 1 aliphatic heterocycles. The fraction of sp³-hybridized carbons (Fsp3) is 0.333. The smallest absolute Gasteiger partial charge is 0.282 e. The van der Waals surface area contributed by atoms with Gasteiger partial charge in [0.05, 0.1) is 11.9 Å². The third-order valence-electron chi connectivity index (χ3n) is 7.01. The van der Waals surface area contributed by atoms with Crippen LogP contribution >= 0.6 is 11.3 Å². The molecule has 0 bridgehead atoms. The highest BCUT2D eigenvalue weighted by Gasteiger charge is 2.59. The van der Waals surface area contributed by atoms with Crippen LogP contribution in [-0.4, -0.2) is 45.0 Å². The van der Waals surface area contributed by atoms with Crippen LogP contribution in [-0.2, 0) is 5.54 Å². The molecule has 1 amide bonds. The van der Waals surface area contributed by atoms with E-state index in [0.717, 1.165) is 22.5 Å². The number of rotatable bonds is 7. The number of alkyl halides is 2. The molecule has 0 radical (unpaired) electrons. The Kier molecular flexibility index (Phi) is 6.18. The Bertz CT molecular complexity index is 1510. The summed E-state index contributed by atoms with van der Waals surface area (Å²) < 4.78 is 52.2. The normalized spacial score (nSPS) is 20.4. The zero-order chi connectivity index (χ0) is 27.5. The number of hydrogen-bond donors (Lipinski definition) is 1. The van der Waals surface area contributed by atoms with Crippen LogP contribution in [0.15, 0.2) is 53.3 Å². The SMILES string of the molecule is CC(C)(N)c1cc(O[C@@H]2[C@@H]3CN(C(=O)c4sc(-c5ncco5)nc4C(F)F)C[C@@H]32)nc(-c2ccc(F)cc2)c1. The molecule has 4 heterocycles. The van der Waals surface area contributed by atoms with Crippen molar-refractivity contribution in [2.75, 3.05) is 13.1 Å². The molecule has 1 saturated carbocycles. The van der Waals surface area contributed by atoms with Crippen LogP contribution in [0.25, 0.3) is 22.2 Å². The number of likely N-dealkylation sites (tertiary alicyclic amines) is 1. The molecule has 39 heavy (non-hydrogen) atoms. The minimum absolute atomic E-state index is 0.0497. The van der Waals surface area contributed by atoms with Gasteiger partial charge in [0, 0.05) is 42.1 Å². The Morgan fingerprint density at radius 1 is 1.18 bits per heavy atom. The van der Waals surface area contributed by atoms with Crippen LogP contribution in [0, 0.1) is 17.7 Å². The largest absolute Gasteiger partial charge is 0.474 e. The highest BCUT2D eigenvalue weighted by molar-refractivity contribution is 7.17. The topological polar surface area (TPSA) is 107 Å². The molecular formula is C27H24F3N5O3S. The standard InChI is InChI=1S/C27H24F3N5O3S/c1-27(2,31)14-9-18(13-3-5-15(28)6-4-13)33-19(10-14)38-21-16-11-35(12-17(16)21)26(36)22-20(23(29)30)34-25(39-22)24-32-7-8-37-24/h3-10,16-17,21,23H,11-12,31H2,1-2H3/t16-,17+,21-. The van der Waals surface area contributed by atoms with Gasteiger partial charge in [0.15, 0.2) is 5.01 Å². The molecule has 3 atom stereocenters. The Labute approximate surface area is 225 Å². The quantitative estimate of drug-likeness (QED) is 0.331. The zero-order valence-corrected chi connectivity index (χ0v) is 21.8. The highest BCUT2D eigenvalue weighted by Crippen LogP contribution is 2.49. The summed E-state index contributed by atoms with van der Waals surface area (Å²) in [4.78, 5) is 27.1. The van der Waals surface area contributed by atoms with Crippen LogP contribution in [0.4, 0.5) is 13.2 Å². The maximum atomic E-state index is 13.7. The number of carbonyl (C=O) groups is 1. The second kappa shape index (κ2) is 9.45. The van der Waals surface area contributed by atoms with Gasteiger partial charge in [-0.15, -0.1) is 11.3 Å². The summed E-state index contributed by atoms with van der Waals surface area (Å²) >= 11 is 0.849. The first-order valence-electron chi connectivity index (χ1n) is 12.3. The number of hydrogen-bond acceptors (Lipinski definition) is 8. The van der Waals surface area contributed by atoms with Crippen molar-refractivity contribution < 1.29 is 27.1 Å². The van der Waals surface area contributed by atoms with Gasteiger partial charge in [0.25, 0.3) is 18.2 Å². The first-order valence-corrected chi connectivity index (χ1v) is 13.1. The van der Waals surface area contributed by atoms with Crippen molar-refractivity contribution in [2.45, 2.75) is 31.9 Å². The molecule has 1 aliphatic carbocycles. The predicted molar refractivity (Wildman–Crippen MR) is 137 cm³/mol. The van der Waals surface area contributed by atoms with Crippen molar-refractivity contribution in [2.24, 2.45) is 17.6 Å². The predicted octanol–water partition coefficient (Wildman–Crippen LogP) is 5.28. The Balaban J connectivity index is 1.18. The van der Waals surface area contributed by atoms with Crippen LogP contribution in [0.2, 0.25) is 0 Å². The number of carbonyl (C=O) groups excluding carboxylic acids is 1. The van der Waals surface area contributed by atoms with Gasteiger partial charge in [-0.05, 0) is 49.7 Å². The van der Waals surface area contributed by atoms with Gasteiger partial charge >= 0.3 is 0 Å². The lowest BCUT2D eigenvalue weighted by molar-refractivity contribution is 0.0744. The molecular weight excluding hydrogens is 531 g/mol. The maximum Gasteiger partial charge on any atom is 0.282 e. The second-order valence-corrected chi connectivity index (χ2v) is 11.3. The first kappa shape index (κ1) is 25.5. The number of halogens is 3. The molecule has 12 heteroatoms. The number of nitrogens with two attached hydrogens (primary N) is 1. The molecule has 3 aromatic heterocycles. The lowest BCUT2D eigenvalue weighted by Gasteiger charge is -2.22. The third kappa shape index (κ3) is 4.89. The van der Waals surface area contributed by atoms with Gasteiger partial charge in [-0.3, -0.25) is 4.79 Å². The van der Waals surface area contributed by atoms with E-state index in [1.54, 1.807) is 23.1 Å². The Morgan fingerprint density at radius 2 is 1.90 bits per heavy atom. The van der Waals surface area contributed by atoms with Gasteiger partial charge in [-0.25, -0.2) is 28.1 Å². The van der Waals surface area contributed by atoms with E-state index >= 15 is 0 Å². The van der Waals surface area contributed by atoms with E-state index in [4.69, 9.17) is 14.9 Å². The third-order valence-corrected chi connectivity index (χ3v) is 8.06. The summed E-state index contributed by atoms with van der Waals surface area (Å²) in [5.41, 5.74) is 7.26. The Hall–Kier alpha value is -3.77. The second-order valence-electron chi connectivity index (χ2n) is 10.3. The number of pyridine rings is 1. The average molecular weight is 556 g/mol. The molecule has 1 aromatic carbocycles. The minimum Gasteiger partial charge on any atom is -0.474 e. The maximum absolute atomic E-state index is 13.7. The van der Waals surface area contributed by atoms with Crippen molar-refractivity contribution in [3.8, 4) is 28.0 Å². The van der Waals surface area contributed by atoms with Gasteiger partial charge < -0.3 is 19.8 Å². The molecule has 6 rings (SSSR count). The van der Waals surface area contributed by atoms with Gasteiger partial charge in [0.1, 0.15) is 28.8 Å². The lowest BCUT2D eigenvalue weighted by atomic mass is 9.95. The van der Waals surface area contributed by atoms with E-state index in [0.29, 0.717) is 24.7 Å². The van der Waals surface area contributed by atoms with Crippen molar-refractivity contribution in [3.63, 3.8) is 0 Å². The molecule has 4 aromatic rings. The number of aromatic nitrogens is 3. The number of fused-ring (bicyclic) bond motifs is 1. The van der Waals surface area contributed by atoms with Crippen molar-refractivity contribution >= 4 is 17.2 Å². The summed E-state index contributed by atoms with van der Waals surface area (Å²) in [6.07, 6.45) is -0.373. The van der Waals surface area contributed by atoms with Crippen molar-refractivity contribution in [1.29, 1.82) is 0 Å². The molecule has 202 valence electrons. The van der Waals surface area contributed by atoms with Gasteiger partial charge in [-0.1, -0.05) is 0 Å². The Morgan fingerprint density at radius 3 is 2.51 bits per heavy atom. The minimum atomic E-state index is -2.91. The summed E-state index contributed by atoms with van der Waals surface area (Å²) in [7, 11) is 0. The monoisotopic (exact) mass is 555 g/mol. The molecule has 2 fully saturated rings. The molecule has 2 N–H and O–H groups in total. The number of benzene rings is 1. The average Bonchev–Trinajstić information content (AvgIpc) is 3.43. The van der Waals surface area contributed by atoms with Crippen molar-refractivity contribution in [3.05, 3.63) is 70.8 Å². The fourth-order valence-corrected chi connectivity index (χ4v) is 5.84. The van der Waals surface area contributed by atoms with E-state index in [1.165, 1.54) is 24.6 Å². The first-order chi connectivity index (χ1) is 18.6. The molecule has 0 spiro atoms. The molecule has 8 nitrogen and oxygen atoms in total. The lowest BCUT2D eigenvalue weighted by Crippen LogP contribution is -2.33. The van der Waals surface area contributed by atoms with E-state index in [2.05, 4.69) is 15.0 Å². The molecule has 2 aliphatic rings. The summed E-state index contributed by atoms with van der Waals surface area (Å²) in [6, 6.07) is 9.67. The van der Waals surface area contributed by atoms with E-state index in [-0.39, 0.29) is 39.5 Å². The highest BCUT2D eigenvalue weighted by atomic mass is 32.1. The molecule has 1 saturated heterocycles. The van der Waals surface area contributed by atoms with Crippen LogP contribution in [0.5, 0.6) is 5.88 Å². The summed E-state index contributed by atoms with van der Waals surface area (Å²) in [5.74, 6) is -0.254. The van der Waals surface area contributed by atoms with Crippen LogP contribution < -0.4 is 10.5 Å². The fourth-order valence-electron chi connectivity index (χ4n) is 4.86. The van der Waals surface area contributed by atoms with Gasteiger partial charge in [-0.2, -0.15) is 0 Å². The van der Waals surface area contributed by atoms with Gasteiger partial charge in [0.2, 0.25) is 5.88 Å². The number of nitrogens with zero attached hydrogens (tertiary/aromatic N) is 4. The number of piperidine rings is 1. The van der Waals surface area contributed by atoms with E-state index in [1.807, 2.05) is 19.9 Å². The van der Waals surface area contributed by atoms with Crippen LogP contribution in [0.1, 0.15) is 41.2 Å². The summed E-state index contributed by atoms with van der Waals surface area (Å²) in [6.45, 7) is 4.48. The van der Waals surface area contributed by atoms with Crippen LogP contribution in [0.3, 0.4) is 0 Å². The number of oxazole rings is 1. The zero-order valence-electron chi connectivity index (χ0n) is 21.0.